The number of allylic oxidation sites excluding steroid dienone is 1. The molecular formula is C18H13F3N2O3. The number of halogens is 3. The van der Waals surface area contributed by atoms with E-state index in [1.54, 1.807) is 6.07 Å². The Kier molecular flexibility index (Phi) is 5.52. The van der Waals surface area contributed by atoms with Gasteiger partial charge in [-0.2, -0.15) is 18.4 Å². The van der Waals surface area contributed by atoms with E-state index in [4.69, 9.17) is 10.00 Å². The molecule has 8 heteroatoms. The van der Waals surface area contributed by atoms with Crippen molar-refractivity contribution in [2.24, 2.45) is 0 Å². The SMILES string of the molecule is C/C(O)=C(\C#N)C(=O)Nc1ccc(Oc2ccc(C(F)(F)F)cc2)cc1. The molecule has 0 atom stereocenters. The second-order valence-electron chi connectivity index (χ2n) is 5.17. The minimum atomic E-state index is -4.41. The van der Waals surface area contributed by atoms with Gasteiger partial charge in [-0.15, -0.1) is 0 Å². The van der Waals surface area contributed by atoms with Crippen LogP contribution < -0.4 is 10.1 Å². The topological polar surface area (TPSA) is 82.3 Å². The van der Waals surface area contributed by atoms with Crippen molar-refractivity contribution in [3.05, 3.63) is 65.4 Å². The summed E-state index contributed by atoms with van der Waals surface area (Å²) in [5.41, 5.74) is -0.831. The predicted molar refractivity (Wildman–Crippen MR) is 87.5 cm³/mol. The number of nitrogens with zero attached hydrogens (tertiary/aromatic N) is 1. The molecule has 26 heavy (non-hydrogen) atoms. The zero-order valence-corrected chi connectivity index (χ0v) is 13.5. The maximum Gasteiger partial charge on any atom is 0.416 e. The number of nitrogens with one attached hydrogen (secondary N) is 1. The van der Waals surface area contributed by atoms with E-state index in [1.807, 2.05) is 0 Å². The maximum atomic E-state index is 12.5. The predicted octanol–water partition coefficient (Wildman–Crippen LogP) is 4.79. The molecular weight excluding hydrogens is 349 g/mol. The number of rotatable bonds is 4. The van der Waals surface area contributed by atoms with Crippen LogP contribution in [0.25, 0.3) is 0 Å². The van der Waals surface area contributed by atoms with Gasteiger partial charge in [-0.1, -0.05) is 0 Å². The summed E-state index contributed by atoms with van der Waals surface area (Å²) in [6, 6.07) is 11.8. The molecule has 1 amide bonds. The molecule has 0 radical (unpaired) electrons. The second kappa shape index (κ2) is 7.61. The first-order chi connectivity index (χ1) is 12.2. The Balaban J connectivity index is 2.05. The molecule has 0 unspecified atom stereocenters. The van der Waals surface area contributed by atoms with Crippen molar-refractivity contribution in [3.63, 3.8) is 0 Å². The van der Waals surface area contributed by atoms with Crippen molar-refractivity contribution >= 4 is 11.6 Å². The van der Waals surface area contributed by atoms with Crippen molar-refractivity contribution in [1.29, 1.82) is 5.26 Å². The first-order valence-electron chi connectivity index (χ1n) is 7.27. The van der Waals surface area contributed by atoms with E-state index in [0.29, 0.717) is 11.4 Å². The molecule has 2 aromatic carbocycles. The van der Waals surface area contributed by atoms with Gasteiger partial charge in [0.25, 0.3) is 5.91 Å². The maximum absolute atomic E-state index is 12.5. The van der Waals surface area contributed by atoms with Crippen molar-refractivity contribution in [2.45, 2.75) is 13.1 Å². The summed E-state index contributed by atoms with van der Waals surface area (Å²) in [7, 11) is 0. The number of aliphatic hydroxyl groups excluding tert-OH is 1. The standard InChI is InChI=1S/C18H13F3N2O3/c1-11(24)16(10-22)17(25)23-13-4-8-15(9-5-13)26-14-6-2-12(3-7-14)18(19,20)21/h2-9,24H,1H3,(H,23,25)/b16-11-. The lowest BCUT2D eigenvalue weighted by Gasteiger charge is -2.10. The number of benzene rings is 2. The lowest BCUT2D eigenvalue weighted by molar-refractivity contribution is -0.137. The third-order valence-corrected chi connectivity index (χ3v) is 3.23. The Bertz CT molecular complexity index is 861. The Morgan fingerprint density at radius 3 is 2.00 bits per heavy atom. The minimum Gasteiger partial charge on any atom is -0.511 e. The molecule has 0 saturated carbocycles. The molecule has 2 aromatic rings. The van der Waals surface area contributed by atoms with Gasteiger partial charge in [0.2, 0.25) is 0 Å². The van der Waals surface area contributed by atoms with Gasteiger partial charge in [0.15, 0.2) is 5.57 Å². The molecule has 134 valence electrons. The quantitative estimate of drug-likeness (QED) is 0.465. The largest absolute Gasteiger partial charge is 0.511 e. The molecule has 0 bridgehead atoms. The third-order valence-electron chi connectivity index (χ3n) is 3.23. The number of carbonyl (C=O) groups is 1. The van der Waals surface area contributed by atoms with Crippen LogP contribution in [-0.4, -0.2) is 11.0 Å². The Morgan fingerprint density at radius 1 is 1.08 bits per heavy atom. The molecule has 0 aromatic heterocycles. The Labute approximate surface area is 146 Å². The van der Waals surface area contributed by atoms with E-state index in [9.17, 15) is 23.1 Å². The van der Waals surface area contributed by atoms with Gasteiger partial charge in [0, 0.05) is 5.69 Å². The van der Waals surface area contributed by atoms with E-state index in [2.05, 4.69) is 5.32 Å². The number of hydrogen-bond donors (Lipinski definition) is 2. The van der Waals surface area contributed by atoms with Crippen LogP contribution in [0.15, 0.2) is 59.9 Å². The number of alkyl halides is 3. The Hall–Kier alpha value is -3.47. The zero-order chi connectivity index (χ0) is 19.3. The lowest BCUT2D eigenvalue weighted by Crippen LogP contribution is -2.14. The van der Waals surface area contributed by atoms with Gasteiger partial charge in [0.1, 0.15) is 23.3 Å². The molecule has 0 aliphatic carbocycles. The van der Waals surface area contributed by atoms with Crippen molar-refractivity contribution < 1.29 is 27.8 Å². The Morgan fingerprint density at radius 2 is 1.58 bits per heavy atom. The van der Waals surface area contributed by atoms with Crippen LogP contribution in [0.2, 0.25) is 0 Å². The highest BCUT2D eigenvalue weighted by molar-refractivity contribution is 6.06. The fourth-order valence-electron chi connectivity index (χ4n) is 1.94. The van der Waals surface area contributed by atoms with Gasteiger partial charge < -0.3 is 15.2 Å². The van der Waals surface area contributed by atoms with Gasteiger partial charge >= 0.3 is 6.18 Å². The highest BCUT2D eigenvalue weighted by atomic mass is 19.4. The van der Waals surface area contributed by atoms with Crippen LogP contribution in [0.1, 0.15) is 12.5 Å². The number of ether oxygens (including phenoxy) is 1. The molecule has 0 aliphatic rings. The zero-order valence-electron chi connectivity index (χ0n) is 13.5. The van der Waals surface area contributed by atoms with Gasteiger partial charge in [-0.25, -0.2) is 0 Å². The number of carbonyl (C=O) groups excluding carboxylic acids is 1. The van der Waals surface area contributed by atoms with E-state index in [-0.39, 0.29) is 5.75 Å². The molecule has 0 saturated heterocycles. The van der Waals surface area contributed by atoms with Crippen LogP contribution in [0.4, 0.5) is 18.9 Å². The highest BCUT2D eigenvalue weighted by Crippen LogP contribution is 2.31. The molecule has 0 aliphatic heterocycles. The normalized spacial score (nSPS) is 12.0. The molecule has 0 fully saturated rings. The van der Waals surface area contributed by atoms with E-state index >= 15 is 0 Å². The van der Waals surface area contributed by atoms with Crippen LogP contribution >= 0.6 is 0 Å². The van der Waals surface area contributed by atoms with Crippen molar-refractivity contribution in [3.8, 4) is 17.6 Å². The van der Waals surface area contributed by atoms with Gasteiger partial charge in [-0.3, -0.25) is 4.79 Å². The molecule has 2 N–H and O–H groups in total. The second-order valence-corrected chi connectivity index (χ2v) is 5.17. The molecule has 0 spiro atoms. The summed E-state index contributed by atoms with van der Waals surface area (Å²) in [5.74, 6) is -0.589. The first-order valence-corrected chi connectivity index (χ1v) is 7.27. The fraction of sp³-hybridized carbons (Fsp3) is 0.111. The summed E-state index contributed by atoms with van der Waals surface area (Å²) in [6.45, 7) is 1.22. The highest BCUT2D eigenvalue weighted by Gasteiger charge is 2.30. The number of amides is 1. The number of anilines is 1. The molecule has 0 heterocycles. The smallest absolute Gasteiger partial charge is 0.416 e. The summed E-state index contributed by atoms with van der Waals surface area (Å²) < 4.78 is 43.0. The van der Waals surface area contributed by atoms with Crippen LogP contribution in [0, 0.1) is 11.3 Å². The van der Waals surface area contributed by atoms with Crippen molar-refractivity contribution in [2.75, 3.05) is 5.32 Å². The minimum absolute atomic E-state index is 0.223. The van der Waals surface area contributed by atoms with Crippen LogP contribution in [-0.2, 0) is 11.0 Å². The number of nitriles is 1. The number of aliphatic hydroxyl groups is 1. The van der Waals surface area contributed by atoms with E-state index in [1.165, 1.54) is 43.3 Å². The lowest BCUT2D eigenvalue weighted by atomic mass is 10.2. The summed E-state index contributed by atoms with van der Waals surface area (Å²) >= 11 is 0. The van der Waals surface area contributed by atoms with Gasteiger partial charge in [-0.05, 0) is 55.5 Å². The average molecular weight is 362 g/mol. The first kappa shape index (κ1) is 18.9. The fourth-order valence-corrected chi connectivity index (χ4v) is 1.94. The average Bonchev–Trinajstić information content (AvgIpc) is 2.56. The van der Waals surface area contributed by atoms with Crippen LogP contribution in [0.5, 0.6) is 11.5 Å². The van der Waals surface area contributed by atoms with E-state index in [0.717, 1.165) is 12.1 Å². The molecule has 5 nitrogen and oxygen atoms in total. The van der Waals surface area contributed by atoms with Gasteiger partial charge in [0.05, 0.1) is 5.56 Å². The monoisotopic (exact) mass is 362 g/mol. The van der Waals surface area contributed by atoms with Crippen molar-refractivity contribution in [1.82, 2.24) is 0 Å². The molecule has 2 rings (SSSR count). The summed E-state index contributed by atoms with van der Waals surface area (Å²) in [4.78, 5) is 11.8. The van der Waals surface area contributed by atoms with E-state index < -0.39 is 29.0 Å². The number of hydrogen-bond acceptors (Lipinski definition) is 4. The third kappa shape index (κ3) is 4.77. The van der Waals surface area contributed by atoms with Crippen LogP contribution in [0.3, 0.4) is 0 Å². The summed E-state index contributed by atoms with van der Waals surface area (Å²) in [6.07, 6.45) is -4.41. The summed E-state index contributed by atoms with van der Waals surface area (Å²) in [5, 5.41) is 20.5.